The van der Waals surface area contributed by atoms with Gasteiger partial charge in [0.1, 0.15) is 30.2 Å². The van der Waals surface area contributed by atoms with Gasteiger partial charge in [-0.05, 0) is 85.4 Å². The number of ether oxygens (including phenoxy) is 4. The van der Waals surface area contributed by atoms with Crippen LogP contribution in [0.5, 0.6) is 0 Å². The summed E-state index contributed by atoms with van der Waals surface area (Å²) in [5.41, 5.74) is -0.443. The first-order valence-corrected chi connectivity index (χ1v) is 17.7. The summed E-state index contributed by atoms with van der Waals surface area (Å²) in [5, 5.41) is 0. The van der Waals surface area contributed by atoms with E-state index in [9.17, 15) is 24.0 Å². The van der Waals surface area contributed by atoms with Gasteiger partial charge in [0.25, 0.3) is 0 Å². The van der Waals surface area contributed by atoms with E-state index in [0.29, 0.717) is 25.2 Å². The van der Waals surface area contributed by atoms with Crippen LogP contribution in [0.4, 0.5) is 0 Å². The Kier molecular flexibility index (Phi) is 11.0. The second-order valence-electron chi connectivity index (χ2n) is 15.9. The zero-order valence-electron chi connectivity index (χ0n) is 29.8. The molecule has 0 spiro atoms. The minimum Gasteiger partial charge on any atom is -0.459 e. The first-order chi connectivity index (χ1) is 21.4. The van der Waals surface area contributed by atoms with Crippen molar-refractivity contribution >= 4 is 29.7 Å². The Hall–Kier alpha value is -2.45. The number of rotatable bonds is 10. The molecule has 0 bridgehead atoms. The van der Waals surface area contributed by atoms with Crippen LogP contribution in [0, 0.1) is 58.2 Å². The maximum Gasteiger partial charge on any atom is 0.303 e. The fraction of sp³-hybridized carbons (Fsp3) is 0.865. The Labute approximate surface area is 275 Å². The molecule has 9 heteroatoms. The van der Waals surface area contributed by atoms with E-state index in [4.69, 9.17) is 18.9 Å². The van der Waals surface area contributed by atoms with Crippen LogP contribution >= 0.6 is 0 Å². The van der Waals surface area contributed by atoms with Gasteiger partial charge in [-0.2, -0.15) is 0 Å². The highest BCUT2D eigenvalue weighted by molar-refractivity contribution is 5.83. The Bertz CT molecular complexity index is 1180. The van der Waals surface area contributed by atoms with Crippen molar-refractivity contribution in [2.45, 2.75) is 145 Å². The van der Waals surface area contributed by atoms with E-state index in [1.54, 1.807) is 0 Å². The summed E-state index contributed by atoms with van der Waals surface area (Å²) >= 11 is 0. The highest BCUT2D eigenvalue weighted by atomic mass is 16.6. The molecule has 13 atom stereocenters. The standard InChI is InChI=1S/C37H58O9/c1-11-25(19(2)3)35(46-24(8)41)34(45-23(7)40)20(4)27-12-13-28-26-16-31(42)30-17-32(43-21(5)38)33(44-22(6)39)18-37(30,10)29(26)14-15-36(27,28)9/h19-20,25-30,32-35H,11-18H2,1-10H3/t20-,25-,26-,27+,28-,29-,30+,32-,33+,34-,35-,36+,37+/m0/s1. The average molecular weight is 647 g/mol. The first-order valence-electron chi connectivity index (χ1n) is 17.7. The SMILES string of the molecule is CC[C@@H](C(C)C)[C@H](OC(C)=O)[C@@H](OC(C)=O)[C@@H](C)[C@H]1CC[C@H]2[C@@H]3CC(=O)[C@H]4C[C@H](OC(C)=O)[C@H](OC(C)=O)C[C@]4(C)[C@H]3CC[C@]12C. The van der Waals surface area contributed by atoms with E-state index in [1.165, 1.54) is 27.7 Å². The molecule has 4 aliphatic rings. The number of Topliss-reactive ketones (excluding diaryl/α,β-unsaturated/α-hetero) is 1. The number of ketones is 1. The highest BCUT2D eigenvalue weighted by Crippen LogP contribution is 2.68. The Balaban J connectivity index is 1.64. The van der Waals surface area contributed by atoms with E-state index >= 15 is 0 Å². The summed E-state index contributed by atoms with van der Waals surface area (Å²) in [6.07, 6.45) is 3.74. The lowest BCUT2D eigenvalue weighted by Gasteiger charge is -2.61. The first kappa shape index (κ1) is 36.4. The van der Waals surface area contributed by atoms with Crippen molar-refractivity contribution in [2.24, 2.45) is 58.2 Å². The van der Waals surface area contributed by atoms with Gasteiger partial charge in [0.05, 0.1) is 0 Å². The summed E-state index contributed by atoms with van der Waals surface area (Å²) in [5.74, 6) is -0.389. The van der Waals surface area contributed by atoms with Gasteiger partial charge in [-0.15, -0.1) is 0 Å². The van der Waals surface area contributed by atoms with Gasteiger partial charge < -0.3 is 18.9 Å². The molecule has 9 nitrogen and oxygen atoms in total. The van der Waals surface area contributed by atoms with Crippen LogP contribution in [0.25, 0.3) is 0 Å². The molecule has 0 heterocycles. The molecule has 4 aliphatic carbocycles. The van der Waals surface area contributed by atoms with Crippen LogP contribution in [-0.2, 0) is 42.9 Å². The van der Waals surface area contributed by atoms with Crippen LogP contribution in [0.15, 0.2) is 0 Å². The molecule has 260 valence electrons. The van der Waals surface area contributed by atoms with Crippen molar-refractivity contribution in [3.05, 3.63) is 0 Å². The largest absolute Gasteiger partial charge is 0.459 e. The zero-order chi connectivity index (χ0) is 34.3. The summed E-state index contributed by atoms with van der Waals surface area (Å²) in [7, 11) is 0. The highest BCUT2D eigenvalue weighted by Gasteiger charge is 2.65. The predicted octanol–water partition coefficient (Wildman–Crippen LogP) is 6.48. The molecule has 4 fully saturated rings. The van der Waals surface area contributed by atoms with Crippen LogP contribution in [-0.4, -0.2) is 54.1 Å². The van der Waals surface area contributed by atoms with Gasteiger partial charge in [-0.25, -0.2) is 0 Å². The van der Waals surface area contributed by atoms with Crippen molar-refractivity contribution < 1.29 is 42.9 Å². The average Bonchev–Trinajstić information content (AvgIpc) is 3.28. The summed E-state index contributed by atoms with van der Waals surface area (Å²) in [6.45, 7) is 18.6. The maximum absolute atomic E-state index is 14.0. The third-order valence-corrected chi connectivity index (χ3v) is 13.0. The van der Waals surface area contributed by atoms with Gasteiger partial charge in [-0.3, -0.25) is 24.0 Å². The van der Waals surface area contributed by atoms with Crippen molar-refractivity contribution in [3.63, 3.8) is 0 Å². The molecular weight excluding hydrogens is 588 g/mol. The van der Waals surface area contributed by atoms with Crippen molar-refractivity contribution in [1.82, 2.24) is 0 Å². The second kappa shape index (κ2) is 14.0. The van der Waals surface area contributed by atoms with Gasteiger partial charge in [0.2, 0.25) is 0 Å². The van der Waals surface area contributed by atoms with Crippen molar-refractivity contribution in [3.8, 4) is 0 Å². The topological polar surface area (TPSA) is 122 Å². The molecule has 0 aliphatic heterocycles. The van der Waals surface area contributed by atoms with Gasteiger partial charge >= 0.3 is 23.9 Å². The van der Waals surface area contributed by atoms with E-state index in [1.807, 2.05) is 0 Å². The molecule has 0 aromatic heterocycles. The smallest absolute Gasteiger partial charge is 0.303 e. The lowest BCUT2D eigenvalue weighted by Crippen LogP contribution is -2.60. The lowest BCUT2D eigenvalue weighted by atomic mass is 9.43. The fourth-order valence-corrected chi connectivity index (χ4v) is 11.2. The molecule has 0 aromatic rings. The third-order valence-electron chi connectivity index (χ3n) is 13.0. The Morgan fingerprint density at radius 2 is 1.35 bits per heavy atom. The maximum atomic E-state index is 14.0. The van der Waals surface area contributed by atoms with E-state index in [2.05, 4.69) is 41.5 Å². The number of hydrogen-bond donors (Lipinski definition) is 0. The van der Waals surface area contributed by atoms with E-state index in [-0.39, 0.29) is 70.0 Å². The minimum absolute atomic E-state index is 0.0385. The Morgan fingerprint density at radius 1 is 0.783 bits per heavy atom. The molecular formula is C37H58O9. The molecule has 0 amide bonds. The molecule has 0 unspecified atom stereocenters. The van der Waals surface area contributed by atoms with E-state index < -0.39 is 36.4 Å². The normalized spacial score (nSPS) is 37.9. The summed E-state index contributed by atoms with van der Waals surface area (Å²) < 4.78 is 23.4. The quantitative estimate of drug-likeness (QED) is 0.194. The zero-order valence-corrected chi connectivity index (χ0v) is 29.8. The second-order valence-corrected chi connectivity index (χ2v) is 15.9. The van der Waals surface area contributed by atoms with E-state index in [0.717, 1.165) is 32.1 Å². The van der Waals surface area contributed by atoms with Crippen LogP contribution in [0.1, 0.15) is 121 Å². The monoisotopic (exact) mass is 646 g/mol. The fourth-order valence-electron chi connectivity index (χ4n) is 11.2. The number of carbonyl (C=O) groups is 5. The number of carbonyl (C=O) groups excluding carboxylic acids is 5. The number of hydrogen-bond acceptors (Lipinski definition) is 9. The molecule has 0 saturated heterocycles. The number of esters is 4. The van der Waals surface area contributed by atoms with Crippen LogP contribution in [0.3, 0.4) is 0 Å². The summed E-state index contributed by atoms with van der Waals surface area (Å²) in [4.78, 5) is 62.9. The molecule has 4 rings (SSSR count). The molecule has 0 N–H and O–H groups in total. The Morgan fingerprint density at radius 3 is 1.89 bits per heavy atom. The molecule has 4 saturated carbocycles. The molecule has 0 aromatic carbocycles. The molecule has 0 radical (unpaired) electrons. The van der Waals surface area contributed by atoms with Crippen molar-refractivity contribution in [1.29, 1.82) is 0 Å². The molecule has 46 heavy (non-hydrogen) atoms. The van der Waals surface area contributed by atoms with Crippen LogP contribution in [0.2, 0.25) is 0 Å². The van der Waals surface area contributed by atoms with Crippen molar-refractivity contribution in [2.75, 3.05) is 0 Å². The van der Waals surface area contributed by atoms with Gasteiger partial charge in [-0.1, -0.05) is 41.5 Å². The lowest BCUT2D eigenvalue weighted by molar-refractivity contribution is -0.197. The van der Waals surface area contributed by atoms with Gasteiger partial charge in [0.15, 0.2) is 0 Å². The van der Waals surface area contributed by atoms with Crippen LogP contribution < -0.4 is 0 Å². The number of fused-ring (bicyclic) bond motifs is 5. The third kappa shape index (κ3) is 6.89. The predicted molar refractivity (Wildman–Crippen MR) is 171 cm³/mol. The van der Waals surface area contributed by atoms with Gasteiger partial charge in [0, 0.05) is 51.9 Å². The minimum atomic E-state index is -0.619. The summed E-state index contributed by atoms with van der Waals surface area (Å²) in [6, 6.07) is 0.